The molecular weight excluding hydrogens is 739 g/mol. The Labute approximate surface area is 273 Å². The van der Waals surface area contributed by atoms with Crippen molar-refractivity contribution >= 4 is 78.2 Å². The number of anilines is 1. The number of fused-ring (bicyclic) bond motifs is 2. The normalized spacial score (nSPS) is 11.4. The van der Waals surface area contributed by atoms with E-state index < -0.39 is 0 Å². The smallest absolute Gasteiger partial charge is 0.282 e. The lowest BCUT2D eigenvalue weighted by atomic mass is 10.2. The van der Waals surface area contributed by atoms with Crippen LogP contribution in [0.3, 0.4) is 0 Å². The molecule has 0 radical (unpaired) electrons. The summed E-state index contributed by atoms with van der Waals surface area (Å²) in [6, 6.07) is 25.6. The van der Waals surface area contributed by atoms with Crippen LogP contribution in [-0.4, -0.2) is 35.5 Å². The zero-order valence-electron chi connectivity index (χ0n) is 23.5. The second-order valence-corrected chi connectivity index (χ2v) is 11.9. The molecular formula is C33H24BrIN4O5. The van der Waals surface area contributed by atoms with E-state index in [0.29, 0.717) is 48.6 Å². The molecule has 11 heteroatoms. The van der Waals surface area contributed by atoms with Gasteiger partial charge in [0.05, 0.1) is 27.8 Å². The van der Waals surface area contributed by atoms with Crippen LogP contribution in [0.25, 0.3) is 33.5 Å². The number of nitrogens with zero attached hydrogens (tertiary/aromatic N) is 3. The van der Waals surface area contributed by atoms with E-state index in [2.05, 4.69) is 48.9 Å². The highest BCUT2D eigenvalue weighted by molar-refractivity contribution is 14.1. The topological polar surface area (TPSA) is 108 Å². The predicted molar refractivity (Wildman–Crippen MR) is 183 cm³/mol. The van der Waals surface area contributed by atoms with Crippen molar-refractivity contribution in [3.63, 3.8) is 0 Å². The summed E-state index contributed by atoms with van der Waals surface area (Å²) in [5, 5.41) is 8.64. The zero-order chi connectivity index (χ0) is 30.8. The van der Waals surface area contributed by atoms with Gasteiger partial charge in [0, 0.05) is 15.5 Å². The Balaban J connectivity index is 1.31. The van der Waals surface area contributed by atoms with Gasteiger partial charge in [0.25, 0.3) is 11.5 Å². The van der Waals surface area contributed by atoms with Crippen LogP contribution in [0, 0.1) is 10.5 Å². The maximum Gasteiger partial charge on any atom is 0.282 e. The van der Waals surface area contributed by atoms with Gasteiger partial charge in [-0.2, -0.15) is 9.78 Å². The number of carbonyl (C=O) groups excluding carboxylic acids is 1. The summed E-state index contributed by atoms with van der Waals surface area (Å²) in [5.74, 6) is 1.19. The third-order valence-electron chi connectivity index (χ3n) is 6.71. The Morgan fingerprint density at radius 2 is 1.89 bits per heavy atom. The molecule has 0 aliphatic heterocycles. The fourth-order valence-corrected chi connectivity index (χ4v) is 5.73. The number of aromatic nitrogens is 2. The average Bonchev–Trinajstić information content (AvgIpc) is 3.44. The van der Waals surface area contributed by atoms with E-state index in [1.165, 1.54) is 11.8 Å². The number of para-hydroxylation sites is 1. The summed E-state index contributed by atoms with van der Waals surface area (Å²) >= 11 is 5.60. The van der Waals surface area contributed by atoms with E-state index in [4.69, 9.17) is 18.9 Å². The van der Waals surface area contributed by atoms with Crippen LogP contribution in [0.1, 0.15) is 11.1 Å². The summed E-state index contributed by atoms with van der Waals surface area (Å²) in [6.45, 7) is 1.77. The molecule has 0 bridgehead atoms. The van der Waals surface area contributed by atoms with Crippen molar-refractivity contribution in [3.05, 3.63) is 114 Å². The number of aryl methyl sites for hydroxylation is 1. The van der Waals surface area contributed by atoms with E-state index in [0.717, 1.165) is 15.4 Å². The highest BCUT2D eigenvalue weighted by atomic mass is 127. The number of carbonyl (C=O) groups is 1. The molecule has 0 saturated carbocycles. The van der Waals surface area contributed by atoms with Crippen LogP contribution in [0.2, 0.25) is 0 Å². The van der Waals surface area contributed by atoms with Crippen molar-refractivity contribution in [1.29, 1.82) is 0 Å². The van der Waals surface area contributed by atoms with Crippen molar-refractivity contribution in [2.24, 2.45) is 5.10 Å². The molecule has 9 nitrogen and oxygen atoms in total. The molecule has 44 heavy (non-hydrogen) atoms. The highest BCUT2D eigenvalue weighted by Gasteiger charge is 2.18. The molecule has 4 aromatic carbocycles. The molecule has 1 N–H and O–H groups in total. The predicted octanol–water partition coefficient (Wildman–Crippen LogP) is 7.39. The Hall–Kier alpha value is -4.49. The van der Waals surface area contributed by atoms with E-state index in [9.17, 15) is 9.59 Å². The largest absolute Gasteiger partial charge is 0.493 e. The first kappa shape index (κ1) is 29.6. The molecule has 0 aliphatic carbocycles. The molecule has 0 saturated heterocycles. The second-order valence-electron chi connectivity index (χ2n) is 9.84. The molecule has 0 aliphatic rings. The van der Waals surface area contributed by atoms with Crippen molar-refractivity contribution in [2.75, 3.05) is 19.0 Å². The molecule has 0 atom stereocenters. The van der Waals surface area contributed by atoms with Crippen molar-refractivity contribution in [1.82, 2.24) is 9.66 Å². The monoisotopic (exact) mass is 762 g/mol. The maximum absolute atomic E-state index is 13.6. The van der Waals surface area contributed by atoms with Gasteiger partial charge in [-0.05, 0) is 95.7 Å². The number of halogens is 2. The first-order valence-electron chi connectivity index (χ1n) is 13.4. The molecule has 0 fully saturated rings. The van der Waals surface area contributed by atoms with E-state index in [-0.39, 0.29) is 23.9 Å². The number of ether oxygens (including phenoxy) is 2. The molecule has 2 heterocycles. The Kier molecular flexibility index (Phi) is 8.49. The third kappa shape index (κ3) is 6.24. The van der Waals surface area contributed by atoms with E-state index in [1.807, 2.05) is 67.6 Å². The maximum atomic E-state index is 13.6. The fraction of sp³-hybridized carbons (Fsp3) is 0.0909. The van der Waals surface area contributed by atoms with Crippen molar-refractivity contribution < 1.29 is 18.7 Å². The molecule has 220 valence electrons. The zero-order valence-corrected chi connectivity index (χ0v) is 27.2. The lowest BCUT2D eigenvalue weighted by Crippen LogP contribution is -2.21. The molecule has 0 spiro atoms. The van der Waals surface area contributed by atoms with Gasteiger partial charge in [-0.15, -0.1) is 0 Å². The summed E-state index contributed by atoms with van der Waals surface area (Å²) in [5.41, 5.74) is 3.27. The van der Waals surface area contributed by atoms with Gasteiger partial charge < -0.3 is 19.2 Å². The molecule has 6 rings (SSSR count). The number of benzene rings is 4. The molecule has 6 aromatic rings. The summed E-state index contributed by atoms with van der Waals surface area (Å²) in [4.78, 5) is 30.9. The molecule has 1 amide bonds. The minimum atomic E-state index is -0.343. The van der Waals surface area contributed by atoms with Gasteiger partial charge in [-0.3, -0.25) is 9.59 Å². The standard InChI is InChI=1S/C33H24BrIN4O5/c1-19-7-10-23(11-8-19)37-30(40)18-43-31-25(35)13-20(14-28(31)42-2)17-36-39-32(38-26-6-4-3-5-24(26)33(39)41)29-16-21-15-22(34)9-12-27(21)44-29/h3-17H,18H2,1-2H3,(H,37,40). The molecule has 0 unspecified atom stereocenters. The number of hydrogen-bond donors (Lipinski definition) is 1. The summed E-state index contributed by atoms with van der Waals surface area (Å²) < 4.78 is 20.3. The first-order chi connectivity index (χ1) is 21.3. The van der Waals surface area contributed by atoms with Gasteiger partial charge in [-0.1, -0.05) is 45.8 Å². The van der Waals surface area contributed by atoms with Gasteiger partial charge in [0.1, 0.15) is 5.58 Å². The van der Waals surface area contributed by atoms with Gasteiger partial charge in [0.15, 0.2) is 23.9 Å². The third-order valence-corrected chi connectivity index (χ3v) is 8.00. The quantitative estimate of drug-likeness (QED) is 0.128. The summed E-state index contributed by atoms with van der Waals surface area (Å²) in [7, 11) is 1.52. The van der Waals surface area contributed by atoms with Crippen molar-refractivity contribution in [3.8, 4) is 23.1 Å². The average molecular weight is 763 g/mol. The number of furan rings is 1. The van der Waals surface area contributed by atoms with Gasteiger partial charge >= 0.3 is 0 Å². The van der Waals surface area contributed by atoms with E-state index >= 15 is 0 Å². The lowest BCUT2D eigenvalue weighted by Gasteiger charge is -2.14. The number of rotatable bonds is 8. The number of amides is 1. The van der Waals surface area contributed by atoms with Crippen LogP contribution in [0.4, 0.5) is 5.69 Å². The van der Waals surface area contributed by atoms with Gasteiger partial charge in [-0.25, -0.2) is 4.98 Å². The SMILES string of the molecule is COc1cc(C=Nn2c(-c3cc4cc(Br)ccc4o3)nc3ccccc3c2=O)cc(I)c1OCC(=O)Nc1ccc(C)cc1. The van der Waals surface area contributed by atoms with E-state index in [1.54, 1.807) is 30.5 Å². The van der Waals surface area contributed by atoms with Crippen molar-refractivity contribution in [2.45, 2.75) is 6.92 Å². The highest BCUT2D eigenvalue weighted by Crippen LogP contribution is 2.34. The minimum absolute atomic E-state index is 0.205. The molecule has 2 aromatic heterocycles. The van der Waals surface area contributed by atoms with Crippen LogP contribution >= 0.6 is 38.5 Å². The summed E-state index contributed by atoms with van der Waals surface area (Å²) in [6.07, 6.45) is 1.54. The number of methoxy groups -OCH3 is 1. The first-order valence-corrected chi connectivity index (χ1v) is 15.3. The Morgan fingerprint density at radius 1 is 1.09 bits per heavy atom. The van der Waals surface area contributed by atoms with Crippen LogP contribution in [0.5, 0.6) is 11.5 Å². The Morgan fingerprint density at radius 3 is 2.68 bits per heavy atom. The van der Waals surface area contributed by atoms with Crippen LogP contribution < -0.4 is 20.3 Å². The van der Waals surface area contributed by atoms with Crippen LogP contribution in [0.15, 0.2) is 104 Å². The lowest BCUT2D eigenvalue weighted by molar-refractivity contribution is -0.118. The second kappa shape index (κ2) is 12.6. The Bertz CT molecular complexity index is 2120. The van der Waals surface area contributed by atoms with Crippen LogP contribution in [-0.2, 0) is 4.79 Å². The van der Waals surface area contributed by atoms with Gasteiger partial charge in [0.2, 0.25) is 5.82 Å². The number of hydrogen-bond acceptors (Lipinski definition) is 7. The number of nitrogens with one attached hydrogen (secondary N) is 1. The minimum Gasteiger partial charge on any atom is -0.493 e. The fourth-order valence-electron chi connectivity index (χ4n) is 4.57.